The molecule has 0 aliphatic carbocycles. The van der Waals surface area contributed by atoms with Gasteiger partial charge in [-0.05, 0) is 43.8 Å². The van der Waals surface area contributed by atoms with E-state index >= 15 is 0 Å². The molecule has 3 aromatic heterocycles. The second-order valence-corrected chi connectivity index (χ2v) is 8.88. The number of para-hydroxylation sites is 1. The zero-order chi connectivity index (χ0) is 24.1. The minimum Gasteiger partial charge on any atom is -0.468 e. The third-order valence-electron chi connectivity index (χ3n) is 5.88. The second-order valence-electron chi connectivity index (χ2n) is 7.94. The van der Waals surface area contributed by atoms with E-state index in [1.54, 1.807) is 10.8 Å². The zero-order valence-corrected chi connectivity index (χ0v) is 20.5. The lowest BCUT2D eigenvalue weighted by Crippen LogP contribution is -2.38. The Balaban J connectivity index is 1.52. The van der Waals surface area contributed by atoms with Gasteiger partial charge >= 0.3 is 0 Å². The summed E-state index contributed by atoms with van der Waals surface area (Å²) in [5.41, 5.74) is 0.661. The van der Waals surface area contributed by atoms with E-state index in [4.69, 9.17) is 4.42 Å². The van der Waals surface area contributed by atoms with E-state index in [2.05, 4.69) is 34.3 Å². The molecule has 9 nitrogen and oxygen atoms in total. The predicted molar refractivity (Wildman–Crippen MR) is 133 cm³/mol. The first kappa shape index (κ1) is 24.0. The third kappa shape index (κ3) is 4.74. The molecule has 4 aromatic rings. The lowest BCUT2D eigenvalue weighted by molar-refractivity contribution is -0.118. The standard InChI is InChI=1S/C24H30N6O3S/c1-4-13-29-22(32)17-10-7-8-11-18(17)30-23(29)26-27-24(30)34-16-21(31)25-15-19(28(5-2)6-3)20-12-9-14-33-20/h7-12,14,19H,4-6,13,15-16H2,1-3H3,(H,25,31). The molecule has 1 N–H and O–H groups in total. The fraction of sp³-hybridized carbons (Fsp3) is 0.417. The number of thioether (sulfide) groups is 1. The Labute approximate surface area is 202 Å². The summed E-state index contributed by atoms with van der Waals surface area (Å²) in [4.78, 5) is 27.9. The highest BCUT2D eigenvalue weighted by atomic mass is 32.2. The number of nitrogens with zero attached hydrogens (tertiary/aromatic N) is 5. The van der Waals surface area contributed by atoms with Gasteiger partial charge in [-0.2, -0.15) is 0 Å². The van der Waals surface area contributed by atoms with Crippen LogP contribution in [0.4, 0.5) is 0 Å². The first-order valence-electron chi connectivity index (χ1n) is 11.6. The molecule has 10 heteroatoms. The minimum absolute atomic E-state index is 0.0275. The molecule has 0 aliphatic heterocycles. The quantitative estimate of drug-likeness (QED) is 0.328. The van der Waals surface area contributed by atoms with Crippen LogP contribution < -0.4 is 10.9 Å². The van der Waals surface area contributed by atoms with Crippen LogP contribution in [0.5, 0.6) is 0 Å². The molecule has 3 heterocycles. The van der Waals surface area contributed by atoms with Crippen molar-refractivity contribution in [3.63, 3.8) is 0 Å². The molecule has 1 atom stereocenters. The first-order chi connectivity index (χ1) is 16.6. The molecule has 180 valence electrons. The predicted octanol–water partition coefficient (Wildman–Crippen LogP) is 3.34. The van der Waals surface area contributed by atoms with Crippen molar-refractivity contribution in [2.24, 2.45) is 0 Å². The van der Waals surface area contributed by atoms with Crippen LogP contribution in [-0.2, 0) is 11.3 Å². The molecular weight excluding hydrogens is 452 g/mol. The van der Waals surface area contributed by atoms with Crippen molar-refractivity contribution in [3.8, 4) is 0 Å². The van der Waals surface area contributed by atoms with Gasteiger partial charge in [-0.25, -0.2) is 0 Å². The maximum atomic E-state index is 13.0. The van der Waals surface area contributed by atoms with Gasteiger partial charge in [-0.1, -0.05) is 44.7 Å². The van der Waals surface area contributed by atoms with Crippen molar-refractivity contribution in [1.29, 1.82) is 0 Å². The number of furan rings is 1. The molecule has 0 saturated carbocycles. The molecule has 0 aliphatic rings. The van der Waals surface area contributed by atoms with Crippen molar-refractivity contribution < 1.29 is 9.21 Å². The number of hydrogen-bond acceptors (Lipinski definition) is 7. The monoisotopic (exact) mass is 482 g/mol. The molecule has 0 spiro atoms. The summed E-state index contributed by atoms with van der Waals surface area (Å²) in [6.07, 6.45) is 2.46. The Morgan fingerprint density at radius 3 is 2.65 bits per heavy atom. The van der Waals surface area contributed by atoms with Gasteiger partial charge in [0, 0.05) is 13.1 Å². The van der Waals surface area contributed by atoms with Crippen LogP contribution in [0.2, 0.25) is 0 Å². The van der Waals surface area contributed by atoms with Gasteiger partial charge in [0.15, 0.2) is 5.16 Å². The summed E-state index contributed by atoms with van der Waals surface area (Å²) in [5.74, 6) is 1.41. The van der Waals surface area contributed by atoms with Crippen LogP contribution in [0.1, 0.15) is 39.0 Å². The Morgan fingerprint density at radius 2 is 1.94 bits per heavy atom. The number of rotatable bonds is 11. The van der Waals surface area contributed by atoms with Crippen molar-refractivity contribution in [3.05, 3.63) is 58.8 Å². The Morgan fingerprint density at radius 1 is 1.15 bits per heavy atom. The third-order valence-corrected chi connectivity index (χ3v) is 6.80. The van der Waals surface area contributed by atoms with E-state index in [1.807, 2.05) is 47.7 Å². The average Bonchev–Trinajstić information content (AvgIpc) is 3.53. The fourth-order valence-corrected chi connectivity index (χ4v) is 4.97. The lowest BCUT2D eigenvalue weighted by Gasteiger charge is -2.28. The van der Waals surface area contributed by atoms with Gasteiger partial charge in [-0.3, -0.25) is 23.5 Å². The largest absolute Gasteiger partial charge is 0.468 e. The average molecular weight is 483 g/mol. The van der Waals surface area contributed by atoms with Crippen LogP contribution in [-0.4, -0.2) is 55.4 Å². The Hall–Kier alpha value is -3.11. The highest BCUT2D eigenvalue weighted by molar-refractivity contribution is 7.99. The number of aryl methyl sites for hydroxylation is 1. The number of carbonyl (C=O) groups excluding carboxylic acids is 1. The molecule has 0 radical (unpaired) electrons. The molecule has 1 unspecified atom stereocenters. The summed E-state index contributed by atoms with van der Waals surface area (Å²) in [7, 11) is 0. The van der Waals surface area contributed by atoms with Crippen molar-refractivity contribution in [1.82, 2.24) is 29.4 Å². The summed E-state index contributed by atoms with van der Waals surface area (Å²) < 4.78 is 9.13. The van der Waals surface area contributed by atoms with Crippen LogP contribution >= 0.6 is 11.8 Å². The van der Waals surface area contributed by atoms with E-state index in [9.17, 15) is 9.59 Å². The number of benzene rings is 1. The number of amides is 1. The van der Waals surface area contributed by atoms with Crippen molar-refractivity contribution in [2.45, 2.75) is 44.9 Å². The van der Waals surface area contributed by atoms with Crippen LogP contribution in [0, 0.1) is 0 Å². The van der Waals surface area contributed by atoms with Crippen molar-refractivity contribution >= 4 is 34.3 Å². The van der Waals surface area contributed by atoms with Crippen LogP contribution in [0.15, 0.2) is 57.0 Å². The Kier molecular flexibility index (Phi) is 7.69. The number of nitrogens with one attached hydrogen (secondary N) is 1. The van der Waals surface area contributed by atoms with Crippen LogP contribution in [0.3, 0.4) is 0 Å². The van der Waals surface area contributed by atoms with E-state index in [0.717, 1.165) is 30.8 Å². The summed E-state index contributed by atoms with van der Waals surface area (Å²) in [5, 5.41) is 12.8. The van der Waals surface area contributed by atoms with Gasteiger partial charge in [0.05, 0.1) is 29.0 Å². The lowest BCUT2D eigenvalue weighted by atomic mass is 10.2. The SMILES string of the molecule is CCCn1c(=O)c2ccccc2n2c(SCC(=O)NCC(c3ccco3)N(CC)CC)nnc12. The van der Waals surface area contributed by atoms with Crippen molar-refractivity contribution in [2.75, 3.05) is 25.4 Å². The first-order valence-corrected chi connectivity index (χ1v) is 12.6. The number of hydrogen-bond donors (Lipinski definition) is 1. The molecule has 0 saturated heterocycles. The molecule has 0 bridgehead atoms. The van der Waals surface area contributed by atoms with Gasteiger partial charge < -0.3 is 9.73 Å². The molecular formula is C24H30N6O3S. The Bertz CT molecular complexity index is 1310. The van der Waals surface area contributed by atoms with E-state index in [0.29, 0.717) is 29.4 Å². The highest BCUT2D eigenvalue weighted by Gasteiger charge is 2.22. The molecule has 34 heavy (non-hydrogen) atoms. The molecule has 4 rings (SSSR count). The summed E-state index contributed by atoms with van der Waals surface area (Å²) in [6.45, 7) is 8.91. The van der Waals surface area contributed by atoms with Gasteiger partial charge in [0.25, 0.3) is 5.56 Å². The van der Waals surface area contributed by atoms with E-state index < -0.39 is 0 Å². The minimum atomic E-state index is -0.100. The van der Waals surface area contributed by atoms with Crippen LogP contribution in [0.25, 0.3) is 16.7 Å². The highest BCUT2D eigenvalue weighted by Crippen LogP contribution is 2.23. The normalized spacial score (nSPS) is 12.6. The maximum Gasteiger partial charge on any atom is 0.262 e. The topological polar surface area (TPSA) is 97.7 Å². The number of aromatic nitrogens is 4. The van der Waals surface area contributed by atoms with Gasteiger partial charge in [-0.15, -0.1) is 10.2 Å². The summed E-state index contributed by atoms with van der Waals surface area (Å²) >= 11 is 1.31. The smallest absolute Gasteiger partial charge is 0.262 e. The number of likely N-dealkylation sites (N-methyl/N-ethyl adjacent to an activating group) is 1. The maximum absolute atomic E-state index is 13.0. The summed E-state index contributed by atoms with van der Waals surface area (Å²) in [6, 6.07) is 11.2. The van der Waals surface area contributed by atoms with Gasteiger partial charge in [0.2, 0.25) is 11.7 Å². The molecule has 0 fully saturated rings. The van der Waals surface area contributed by atoms with Gasteiger partial charge in [0.1, 0.15) is 5.76 Å². The molecule has 1 aromatic carbocycles. The van der Waals surface area contributed by atoms with E-state index in [-0.39, 0.29) is 23.3 Å². The van der Waals surface area contributed by atoms with E-state index in [1.165, 1.54) is 11.8 Å². The molecule has 1 amide bonds. The zero-order valence-electron chi connectivity index (χ0n) is 19.7. The fourth-order valence-electron chi connectivity index (χ4n) is 4.20. The second kappa shape index (κ2) is 10.9. The number of carbonyl (C=O) groups is 1. The number of fused-ring (bicyclic) bond motifs is 3.